The van der Waals surface area contributed by atoms with Gasteiger partial charge in [0.05, 0.1) is 5.56 Å². The van der Waals surface area contributed by atoms with Crippen LogP contribution in [0.1, 0.15) is 17.3 Å². The number of aromatic nitrogens is 2. The Morgan fingerprint density at radius 2 is 1.88 bits per heavy atom. The molecule has 3 rings (SSSR count). The van der Waals surface area contributed by atoms with E-state index in [1.54, 1.807) is 35.2 Å². The molecule has 0 aliphatic heterocycles. The molecule has 0 bridgehead atoms. The molecule has 2 aromatic carbocycles. The summed E-state index contributed by atoms with van der Waals surface area (Å²) in [4.78, 5) is 26.6. The van der Waals surface area contributed by atoms with Gasteiger partial charge in [-0.3, -0.25) is 14.2 Å². The summed E-state index contributed by atoms with van der Waals surface area (Å²) in [5.41, 5.74) is 1.80. The Balaban J connectivity index is 1.86. The van der Waals surface area contributed by atoms with E-state index in [0.717, 1.165) is 5.69 Å². The molecule has 0 aliphatic carbocycles. The summed E-state index contributed by atoms with van der Waals surface area (Å²) in [6.07, 6.45) is 3.51. The number of benzene rings is 2. The number of phenols is 1. The van der Waals surface area contributed by atoms with Crippen molar-refractivity contribution in [1.82, 2.24) is 9.55 Å². The Labute approximate surface area is 154 Å². The van der Waals surface area contributed by atoms with Gasteiger partial charge >= 0.3 is 0 Å². The van der Waals surface area contributed by atoms with Gasteiger partial charge in [-0.05, 0) is 48.6 Å². The van der Waals surface area contributed by atoms with Crippen LogP contribution in [-0.4, -0.2) is 26.5 Å². The molecular formula is C18H16N4O3S. The van der Waals surface area contributed by atoms with E-state index in [1.165, 1.54) is 25.1 Å². The monoisotopic (exact) mass is 368 g/mol. The number of aromatic amines is 1. The van der Waals surface area contributed by atoms with Crippen molar-refractivity contribution in [2.24, 2.45) is 0 Å². The van der Waals surface area contributed by atoms with Crippen molar-refractivity contribution in [2.45, 2.75) is 6.92 Å². The number of nitrogens with zero attached hydrogens (tertiary/aromatic N) is 1. The molecule has 0 unspecified atom stereocenters. The molecule has 8 heteroatoms. The zero-order chi connectivity index (χ0) is 18.7. The molecule has 1 heterocycles. The van der Waals surface area contributed by atoms with Gasteiger partial charge in [-0.1, -0.05) is 6.07 Å². The van der Waals surface area contributed by atoms with E-state index in [-0.39, 0.29) is 17.2 Å². The Morgan fingerprint density at radius 3 is 2.58 bits per heavy atom. The molecule has 0 aliphatic rings. The first-order valence-corrected chi connectivity index (χ1v) is 8.13. The highest BCUT2D eigenvalue weighted by molar-refractivity contribution is 7.71. The maximum Gasteiger partial charge on any atom is 0.259 e. The minimum Gasteiger partial charge on any atom is -0.507 e. The maximum atomic E-state index is 12.5. The Hall–Kier alpha value is -3.39. The molecule has 132 valence electrons. The van der Waals surface area contributed by atoms with Crippen molar-refractivity contribution in [1.29, 1.82) is 0 Å². The van der Waals surface area contributed by atoms with Crippen molar-refractivity contribution >= 4 is 35.4 Å². The summed E-state index contributed by atoms with van der Waals surface area (Å²) in [6.45, 7) is 1.37. The highest BCUT2D eigenvalue weighted by Crippen LogP contribution is 2.23. The van der Waals surface area contributed by atoms with Crippen LogP contribution in [0.3, 0.4) is 0 Å². The van der Waals surface area contributed by atoms with Gasteiger partial charge in [-0.2, -0.15) is 0 Å². The van der Waals surface area contributed by atoms with Crippen molar-refractivity contribution in [3.8, 4) is 11.4 Å². The minimum atomic E-state index is -0.496. The SMILES string of the molecule is CC(=O)Nc1ccc(O)c(C(=O)Nc2cccc(-n3cc[nH]c3=S)c2)c1. The lowest BCUT2D eigenvalue weighted by Gasteiger charge is -2.10. The highest BCUT2D eigenvalue weighted by Gasteiger charge is 2.13. The highest BCUT2D eigenvalue weighted by atomic mass is 32.1. The Morgan fingerprint density at radius 1 is 1.12 bits per heavy atom. The molecule has 0 atom stereocenters. The quantitative estimate of drug-likeness (QED) is 0.419. The number of carbonyl (C=O) groups excluding carboxylic acids is 2. The summed E-state index contributed by atoms with van der Waals surface area (Å²) in [7, 11) is 0. The van der Waals surface area contributed by atoms with Crippen LogP contribution >= 0.6 is 12.2 Å². The van der Waals surface area contributed by atoms with E-state index in [1.807, 2.05) is 6.07 Å². The van der Waals surface area contributed by atoms with E-state index in [9.17, 15) is 14.7 Å². The average molecular weight is 368 g/mol. The average Bonchev–Trinajstić information content (AvgIpc) is 3.02. The number of amides is 2. The van der Waals surface area contributed by atoms with Crippen molar-refractivity contribution < 1.29 is 14.7 Å². The molecule has 4 N–H and O–H groups in total. The summed E-state index contributed by atoms with van der Waals surface area (Å²) in [5.74, 6) is -0.942. The molecule has 0 fully saturated rings. The van der Waals surface area contributed by atoms with Crippen LogP contribution in [0.2, 0.25) is 0 Å². The number of imidazole rings is 1. The summed E-state index contributed by atoms with van der Waals surface area (Å²) in [6, 6.07) is 11.4. The third-order valence-electron chi connectivity index (χ3n) is 3.59. The van der Waals surface area contributed by atoms with Gasteiger partial charge < -0.3 is 20.7 Å². The largest absolute Gasteiger partial charge is 0.507 e. The number of rotatable bonds is 4. The number of anilines is 2. The van der Waals surface area contributed by atoms with E-state index in [0.29, 0.717) is 16.1 Å². The van der Waals surface area contributed by atoms with Gasteiger partial charge in [0.1, 0.15) is 5.75 Å². The molecule has 26 heavy (non-hydrogen) atoms. The topological polar surface area (TPSA) is 99.2 Å². The van der Waals surface area contributed by atoms with Gasteiger partial charge in [0.2, 0.25) is 5.91 Å². The second kappa shape index (κ2) is 7.24. The minimum absolute atomic E-state index is 0.0555. The van der Waals surface area contributed by atoms with Crippen molar-refractivity contribution in [3.05, 3.63) is 65.2 Å². The molecule has 7 nitrogen and oxygen atoms in total. The predicted molar refractivity (Wildman–Crippen MR) is 101 cm³/mol. The molecule has 1 aromatic heterocycles. The van der Waals surface area contributed by atoms with Gasteiger partial charge in [0.15, 0.2) is 4.77 Å². The molecule has 0 radical (unpaired) electrons. The fourth-order valence-corrected chi connectivity index (χ4v) is 2.69. The number of hydrogen-bond donors (Lipinski definition) is 4. The summed E-state index contributed by atoms with van der Waals surface area (Å²) in [5, 5.41) is 15.3. The third-order valence-corrected chi connectivity index (χ3v) is 3.91. The Bertz CT molecular complexity index is 1040. The van der Waals surface area contributed by atoms with Crippen LogP contribution in [0.4, 0.5) is 11.4 Å². The van der Waals surface area contributed by atoms with Gasteiger partial charge in [0.25, 0.3) is 5.91 Å². The lowest BCUT2D eigenvalue weighted by atomic mass is 10.1. The smallest absolute Gasteiger partial charge is 0.259 e. The van der Waals surface area contributed by atoms with E-state index < -0.39 is 5.91 Å². The summed E-state index contributed by atoms with van der Waals surface area (Å²) >= 11 is 5.19. The van der Waals surface area contributed by atoms with Gasteiger partial charge in [0, 0.05) is 36.4 Å². The van der Waals surface area contributed by atoms with Crippen LogP contribution in [-0.2, 0) is 4.79 Å². The standard InChI is InChI=1S/C18H16N4O3S/c1-11(23)20-13-5-6-16(24)15(10-13)17(25)21-12-3-2-4-14(9-12)22-8-7-19-18(22)26/h2-10,24H,1H3,(H,19,26)(H,20,23)(H,21,25). The molecule has 0 saturated heterocycles. The molecule has 0 spiro atoms. The maximum absolute atomic E-state index is 12.5. The molecule has 0 saturated carbocycles. The number of aromatic hydroxyl groups is 1. The lowest BCUT2D eigenvalue weighted by molar-refractivity contribution is -0.114. The van der Waals surface area contributed by atoms with E-state index in [4.69, 9.17) is 12.2 Å². The second-order valence-electron chi connectivity index (χ2n) is 5.55. The summed E-state index contributed by atoms with van der Waals surface area (Å²) < 4.78 is 2.30. The normalized spacial score (nSPS) is 10.3. The van der Waals surface area contributed by atoms with Crippen LogP contribution < -0.4 is 10.6 Å². The number of carbonyl (C=O) groups is 2. The zero-order valence-electron chi connectivity index (χ0n) is 13.8. The van der Waals surface area contributed by atoms with Crippen molar-refractivity contribution in [3.63, 3.8) is 0 Å². The number of H-pyrrole nitrogens is 1. The molecular weight excluding hydrogens is 352 g/mol. The van der Waals surface area contributed by atoms with Crippen molar-refractivity contribution in [2.75, 3.05) is 10.6 Å². The third kappa shape index (κ3) is 3.81. The van der Waals surface area contributed by atoms with E-state index in [2.05, 4.69) is 15.6 Å². The fraction of sp³-hybridized carbons (Fsp3) is 0.0556. The fourth-order valence-electron chi connectivity index (χ4n) is 2.45. The van der Waals surface area contributed by atoms with Crippen LogP contribution in [0.25, 0.3) is 5.69 Å². The molecule has 2 amide bonds. The van der Waals surface area contributed by atoms with Gasteiger partial charge in [-0.25, -0.2) is 0 Å². The number of nitrogens with one attached hydrogen (secondary N) is 3. The first-order valence-electron chi connectivity index (χ1n) is 7.72. The van der Waals surface area contributed by atoms with Crippen LogP contribution in [0.15, 0.2) is 54.9 Å². The lowest BCUT2D eigenvalue weighted by Crippen LogP contribution is -2.13. The number of hydrogen-bond acceptors (Lipinski definition) is 4. The van der Waals surface area contributed by atoms with Gasteiger partial charge in [-0.15, -0.1) is 0 Å². The number of phenolic OH excluding ortho intramolecular Hbond substituents is 1. The predicted octanol–water partition coefficient (Wildman–Crippen LogP) is 3.45. The second-order valence-corrected chi connectivity index (χ2v) is 5.94. The van der Waals surface area contributed by atoms with Crippen LogP contribution in [0, 0.1) is 4.77 Å². The van der Waals surface area contributed by atoms with Crippen LogP contribution in [0.5, 0.6) is 5.75 Å². The Kier molecular flexibility index (Phi) is 4.85. The van der Waals surface area contributed by atoms with E-state index >= 15 is 0 Å². The zero-order valence-corrected chi connectivity index (χ0v) is 14.6. The first kappa shape index (κ1) is 17.4. The first-order chi connectivity index (χ1) is 12.4. The molecule has 3 aromatic rings.